The zero-order valence-corrected chi connectivity index (χ0v) is 12.7. The van der Waals surface area contributed by atoms with E-state index in [9.17, 15) is 0 Å². The highest BCUT2D eigenvalue weighted by Crippen LogP contribution is 2.26. The number of rotatable bonds is 2. The molecule has 0 N–H and O–H groups in total. The molecule has 2 nitrogen and oxygen atoms in total. The average Bonchev–Trinajstić information content (AvgIpc) is 2.89. The maximum absolute atomic E-state index is 4.60. The summed E-state index contributed by atoms with van der Waals surface area (Å²) < 4.78 is 0. The van der Waals surface area contributed by atoms with E-state index < -0.39 is 0 Å². The largest absolute Gasteiger partial charge is 0.256 e. The lowest BCUT2D eigenvalue weighted by Crippen LogP contribution is -1.90. The van der Waals surface area contributed by atoms with Gasteiger partial charge in [0.2, 0.25) is 0 Å². The number of hydrogen-bond acceptors (Lipinski definition) is 3. The topological polar surface area (TPSA) is 25.8 Å². The molecule has 0 aliphatic rings. The molecule has 2 heterocycles. The first kappa shape index (κ1) is 13.0. The van der Waals surface area contributed by atoms with Crippen molar-refractivity contribution in [1.82, 2.24) is 9.97 Å². The third-order valence-electron chi connectivity index (χ3n) is 3.56. The van der Waals surface area contributed by atoms with E-state index in [0.29, 0.717) is 0 Å². The molecule has 3 heteroatoms. The number of thiazole rings is 1. The van der Waals surface area contributed by atoms with Crippen LogP contribution in [-0.4, -0.2) is 9.97 Å². The quantitative estimate of drug-likeness (QED) is 0.674. The molecule has 2 aromatic heterocycles. The summed E-state index contributed by atoms with van der Waals surface area (Å²) in [4.78, 5) is 9.09. The number of nitrogens with zero attached hydrogens (tertiary/aromatic N) is 2. The van der Waals surface area contributed by atoms with Gasteiger partial charge in [0.25, 0.3) is 0 Å². The normalized spacial score (nSPS) is 10.8. The maximum Gasteiger partial charge on any atom is 0.0901 e. The number of pyridine rings is 1. The van der Waals surface area contributed by atoms with E-state index in [0.717, 1.165) is 22.0 Å². The lowest BCUT2D eigenvalue weighted by atomic mass is 10.0. The Morgan fingerprint density at radius 1 is 0.950 bits per heavy atom. The molecular formula is C17H16N2S. The summed E-state index contributed by atoms with van der Waals surface area (Å²) in [7, 11) is 0. The standard InChI is InChI=1S/C17H16N2S/c1-11-5-4-6-15(12(11)2)16-8-7-14(9-18-16)17-10-20-13(3)19-17/h4-10H,1-3H3. The van der Waals surface area contributed by atoms with Gasteiger partial charge in [-0.25, -0.2) is 4.98 Å². The van der Waals surface area contributed by atoms with Gasteiger partial charge in [-0.2, -0.15) is 0 Å². The summed E-state index contributed by atoms with van der Waals surface area (Å²) in [5.74, 6) is 0. The summed E-state index contributed by atoms with van der Waals surface area (Å²) in [5.41, 5.74) is 6.88. The van der Waals surface area contributed by atoms with E-state index in [1.54, 1.807) is 11.3 Å². The Kier molecular flexibility index (Phi) is 3.36. The Bertz CT molecular complexity index is 742. The maximum atomic E-state index is 4.60. The van der Waals surface area contributed by atoms with Crippen molar-refractivity contribution in [3.05, 3.63) is 58.0 Å². The van der Waals surface area contributed by atoms with Crippen LogP contribution in [0.5, 0.6) is 0 Å². The first-order chi connectivity index (χ1) is 9.65. The van der Waals surface area contributed by atoms with Gasteiger partial charge >= 0.3 is 0 Å². The van der Waals surface area contributed by atoms with Gasteiger partial charge in [0.1, 0.15) is 0 Å². The third kappa shape index (κ3) is 2.37. The van der Waals surface area contributed by atoms with Gasteiger partial charge < -0.3 is 0 Å². The molecule has 3 rings (SSSR count). The van der Waals surface area contributed by atoms with Crippen LogP contribution < -0.4 is 0 Å². The van der Waals surface area contributed by atoms with Crippen molar-refractivity contribution in [3.63, 3.8) is 0 Å². The zero-order valence-electron chi connectivity index (χ0n) is 11.8. The SMILES string of the molecule is Cc1nc(-c2ccc(-c3cccc(C)c3C)nc2)cs1. The highest BCUT2D eigenvalue weighted by atomic mass is 32.1. The fraction of sp³-hybridized carbons (Fsp3) is 0.176. The lowest BCUT2D eigenvalue weighted by Gasteiger charge is -2.08. The van der Waals surface area contributed by atoms with E-state index in [4.69, 9.17) is 0 Å². The Hall–Kier alpha value is -2.00. The van der Waals surface area contributed by atoms with Gasteiger partial charge in [-0.1, -0.05) is 18.2 Å². The van der Waals surface area contributed by atoms with Crippen LogP contribution in [0.1, 0.15) is 16.1 Å². The van der Waals surface area contributed by atoms with Crippen LogP contribution in [0.4, 0.5) is 0 Å². The molecule has 0 saturated carbocycles. The lowest BCUT2D eigenvalue weighted by molar-refractivity contribution is 1.25. The molecule has 0 spiro atoms. The predicted octanol–water partition coefficient (Wildman–Crippen LogP) is 4.80. The predicted molar refractivity (Wildman–Crippen MR) is 85.0 cm³/mol. The van der Waals surface area contributed by atoms with Crippen molar-refractivity contribution >= 4 is 11.3 Å². The summed E-state index contributed by atoms with van der Waals surface area (Å²) in [6.45, 7) is 6.29. The monoisotopic (exact) mass is 280 g/mol. The molecule has 3 aromatic rings. The molecule has 0 amide bonds. The summed E-state index contributed by atoms with van der Waals surface area (Å²) in [5, 5.41) is 3.16. The van der Waals surface area contributed by atoms with Gasteiger partial charge in [0.05, 0.1) is 16.4 Å². The number of aryl methyl sites for hydroxylation is 2. The van der Waals surface area contributed by atoms with Crippen LogP contribution in [0, 0.1) is 20.8 Å². The van der Waals surface area contributed by atoms with Gasteiger partial charge in [-0.15, -0.1) is 11.3 Å². The van der Waals surface area contributed by atoms with Gasteiger partial charge in [-0.05, 0) is 44.0 Å². The van der Waals surface area contributed by atoms with Crippen molar-refractivity contribution in [2.75, 3.05) is 0 Å². The van der Waals surface area contributed by atoms with Gasteiger partial charge in [0, 0.05) is 22.7 Å². The van der Waals surface area contributed by atoms with Crippen molar-refractivity contribution in [2.45, 2.75) is 20.8 Å². The molecule has 1 aromatic carbocycles. The second-order valence-corrected chi connectivity index (χ2v) is 5.99. The molecule has 0 bridgehead atoms. The summed E-state index contributed by atoms with van der Waals surface area (Å²) >= 11 is 1.67. The molecule has 20 heavy (non-hydrogen) atoms. The molecule has 0 aliphatic heterocycles. The fourth-order valence-electron chi connectivity index (χ4n) is 2.23. The van der Waals surface area contributed by atoms with Gasteiger partial charge in [0.15, 0.2) is 0 Å². The molecular weight excluding hydrogens is 264 g/mol. The second kappa shape index (κ2) is 5.17. The summed E-state index contributed by atoms with van der Waals surface area (Å²) in [6.07, 6.45) is 1.91. The highest BCUT2D eigenvalue weighted by Gasteiger charge is 2.07. The van der Waals surface area contributed by atoms with Crippen molar-refractivity contribution in [2.24, 2.45) is 0 Å². The van der Waals surface area contributed by atoms with Crippen LogP contribution in [0.2, 0.25) is 0 Å². The second-order valence-electron chi connectivity index (χ2n) is 4.93. The minimum Gasteiger partial charge on any atom is -0.256 e. The van der Waals surface area contributed by atoms with Crippen LogP contribution >= 0.6 is 11.3 Å². The Morgan fingerprint density at radius 3 is 2.45 bits per heavy atom. The van der Waals surface area contributed by atoms with Crippen molar-refractivity contribution in [3.8, 4) is 22.5 Å². The molecule has 0 atom stereocenters. The Morgan fingerprint density at radius 2 is 1.80 bits per heavy atom. The Labute approximate surface area is 123 Å². The first-order valence-corrected chi connectivity index (χ1v) is 7.48. The third-order valence-corrected chi connectivity index (χ3v) is 4.33. The van der Waals surface area contributed by atoms with E-state index in [-0.39, 0.29) is 0 Å². The number of hydrogen-bond donors (Lipinski definition) is 0. The van der Waals surface area contributed by atoms with E-state index in [1.165, 1.54) is 16.7 Å². The average molecular weight is 280 g/mol. The van der Waals surface area contributed by atoms with E-state index >= 15 is 0 Å². The minimum atomic E-state index is 1.01. The molecule has 0 radical (unpaired) electrons. The minimum absolute atomic E-state index is 1.01. The van der Waals surface area contributed by atoms with Gasteiger partial charge in [-0.3, -0.25) is 4.98 Å². The highest BCUT2D eigenvalue weighted by molar-refractivity contribution is 7.09. The molecule has 0 unspecified atom stereocenters. The molecule has 0 aliphatic carbocycles. The van der Waals surface area contributed by atoms with Crippen LogP contribution in [0.15, 0.2) is 41.9 Å². The fourth-order valence-corrected chi connectivity index (χ4v) is 2.85. The number of benzene rings is 1. The zero-order chi connectivity index (χ0) is 14.1. The van der Waals surface area contributed by atoms with E-state index in [1.807, 2.05) is 13.1 Å². The van der Waals surface area contributed by atoms with Crippen LogP contribution in [0.3, 0.4) is 0 Å². The molecule has 0 fully saturated rings. The molecule has 100 valence electrons. The van der Waals surface area contributed by atoms with Crippen molar-refractivity contribution < 1.29 is 0 Å². The Balaban J connectivity index is 1.99. The van der Waals surface area contributed by atoms with E-state index in [2.05, 4.69) is 59.5 Å². The smallest absolute Gasteiger partial charge is 0.0901 e. The molecule has 0 saturated heterocycles. The summed E-state index contributed by atoms with van der Waals surface area (Å²) in [6, 6.07) is 10.5. The van der Waals surface area contributed by atoms with Crippen LogP contribution in [0.25, 0.3) is 22.5 Å². The van der Waals surface area contributed by atoms with Crippen LogP contribution in [-0.2, 0) is 0 Å². The number of aromatic nitrogens is 2. The first-order valence-electron chi connectivity index (χ1n) is 6.60. The van der Waals surface area contributed by atoms with Crippen molar-refractivity contribution in [1.29, 1.82) is 0 Å².